The van der Waals surface area contributed by atoms with Crippen LogP contribution in [0.2, 0.25) is 5.28 Å². The second kappa shape index (κ2) is 6.63. The summed E-state index contributed by atoms with van der Waals surface area (Å²) in [6.07, 6.45) is 0. The molecule has 1 atom stereocenters. The second-order valence-electron chi connectivity index (χ2n) is 5.75. The number of aryl methyl sites for hydroxylation is 1. The van der Waals surface area contributed by atoms with E-state index in [1.54, 1.807) is 0 Å². The van der Waals surface area contributed by atoms with Crippen molar-refractivity contribution < 1.29 is 0 Å². The zero-order valence-electron chi connectivity index (χ0n) is 13.0. The lowest BCUT2D eigenvalue weighted by Crippen LogP contribution is -2.47. The zero-order valence-corrected chi connectivity index (χ0v) is 13.8. The molecule has 1 aromatic heterocycles. The van der Waals surface area contributed by atoms with Gasteiger partial charge >= 0.3 is 0 Å². The molecule has 0 saturated carbocycles. The van der Waals surface area contributed by atoms with Gasteiger partial charge in [0.05, 0.1) is 0 Å². The minimum atomic E-state index is 0.329. The summed E-state index contributed by atoms with van der Waals surface area (Å²) in [7, 11) is 0. The molecule has 4 nitrogen and oxygen atoms in total. The van der Waals surface area contributed by atoms with Gasteiger partial charge in [0.2, 0.25) is 5.28 Å². The smallest absolute Gasteiger partial charge is 0.224 e. The summed E-state index contributed by atoms with van der Waals surface area (Å²) in [5.41, 5.74) is 2.28. The Bertz CT molecular complexity index is 604. The largest absolute Gasteiger partial charge is 0.354 e. The van der Waals surface area contributed by atoms with Crippen molar-refractivity contribution in [1.29, 1.82) is 0 Å². The van der Waals surface area contributed by atoms with Crippen LogP contribution in [-0.4, -0.2) is 41.0 Å². The lowest BCUT2D eigenvalue weighted by molar-refractivity contribution is 0.198. The number of rotatable bonds is 3. The second-order valence-corrected chi connectivity index (χ2v) is 6.08. The van der Waals surface area contributed by atoms with E-state index in [2.05, 4.69) is 57.0 Å². The predicted octanol–water partition coefficient (Wildman–Crippen LogP) is 3.32. The Morgan fingerprint density at radius 1 is 1.05 bits per heavy atom. The molecule has 0 amide bonds. The highest BCUT2D eigenvalue weighted by molar-refractivity contribution is 6.28. The number of aromatic nitrogens is 2. The molecule has 0 aliphatic carbocycles. The van der Waals surface area contributed by atoms with Gasteiger partial charge in [0.1, 0.15) is 5.82 Å². The maximum Gasteiger partial charge on any atom is 0.224 e. The van der Waals surface area contributed by atoms with Gasteiger partial charge in [-0.1, -0.05) is 30.3 Å². The number of anilines is 1. The minimum absolute atomic E-state index is 0.329. The first-order valence-electron chi connectivity index (χ1n) is 7.68. The molecule has 1 aliphatic rings. The van der Waals surface area contributed by atoms with Crippen LogP contribution in [0.15, 0.2) is 36.4 Å². The molecule has 0 bridgehead atoms. The maximum absolute atomic E-state index is 5.97. The molecule has 1 saturated heterocycles. The zero-order chi connectivity index (χ0) is 15.5. The Kier molecular flexibility index (Phi) is 4.60. The van der Waals surface area contributed by atoms with E-state index in [0.717, 1.165) is 37.7 Å². The summed E-state index contributed by atoms with van der Waals surface area (Å²) < 4.78 is 0. The van der Waals surface area contributed by atoms with Gasteiger partial charge in [0.25, 0.3) is 0 Å². The van der Waals surface area contributed by atoms with E-state index in [1.165, 1.54) is 5.56 Å². The summed E-state index contributed by atoms with van der Waals surface area (Å²) in [4.78, 5) is 13.3. The molecule has 1 fully saturated rings. The van der Waals surface area contributed by atoms with Crippen molar-refractivity contribution in [3.05, 3.63) is 52.9 Å². The van der Waals surface area contributed by atoms with Crippen LogP contribution < -0.4 is 4.90 Å². The Labute approximate surface area is 136 Å². The van der Waals surface area contributed by atoms with E-state index in [1.807, 2.05) is 13.0 Å². The van der Waals surface area contributed by atoms with Gasteiger partial charge in [-0.3, -0.25) is 4.90 Å². The van der Waals surface area contributed by atoms with Crippen molar-refractivity contribution in [2.75, 3.05) is 31.1 Å². The SMILES string of the molecule is Cc1cc(N2CCN(C(C)c3ccccc3)CC2)nc(Cl)n1. The average molecular weight is 317 g/mol. The third-order valence-corrected chi connectivity index (χ3v) is 4.45. The summed E-state index contributed by atoms with van der Waals surface area (Å²) in [5.74, 6) is 0.935. The van der Waals surface area contributed by atoms with Gasteiger partial charge in [0.15, 0.2) is 0 Å². The molecule has 2 aromatic rings. The van der Waals surface area contributed by atoms with Crippen LogP contribution in [0.4, 0.5) is 5.82 Å². The molecule has 0 radical (unpaired) electrons. The van der Waals surface area contributed by atoms with E-state index in [4.69, 9.17) is 11.6 Å². The number of halogens is 1. The summed E-state index contributed by atoms with van der Waals surface area (Å²) >= 11 is 5.97. The van der Waals surface area contributed by atoms with E-state index >= 15 is 0 Å². The van der Waals surface area contributed by atoms with Crippen LogP contribution in [0.25, 0.3) is 0 Å². The normalized spacial score (nSPS) is 17.5. The van der Waals surface area contributed by atoms with Crippen LogP contribution in [0.1, 0.15) is 24.2 Å². The highest BCUT2D eigenvalue weighted by atomic mass is 35.5. The maximum atomic E-state index is 5.97. The first-order chi connectivity index (χ1) is 10.6. The van der Waals surface area contributed by atoms with Crippen LogP contribution in [-0.2, 0) is 0 Å². The molecule has 1 unspecified atom stereocenters. The predicted molar refractivity (Wildman–Crippen MR) is 90.4 cm³/mol. The van der Waals surface area contributed by atoms with Gasteiger partial charge in [0, 0.05) is 44.0 Å². The highest BCUT2D eigenvalue weighted by Crippen LogP contribution is 2.23. The molecule has 1 aliphatic heterocycles. The van der Waals surface area contributed by atoms with Crippen molar-refractivity contribution in [3.63, 3.8) is 0 Å². The quantitative estimate of drug-likeness (QED) is 0.813. The van der Waals surface area contributed by atoms with Gasteiger partial charge in [-0.2, -0.15) is 0 Å². The Balaban J connectivity index is 1.65. The van der Waals surface area contributed by atoms with E-state index in [-0.39, 0.29) is 0 Å². The van der Waals surface area contributed by atoms with Gasteiger partial charge in [-0.25, -0.2) is 9.97 Å². The fourth-order valence-corrected chi connectivity index (χ4v) is 3.18. The third kappa shape index (κ3) is 3.39. The van der Waals surface area contributed by atoms with E-state index in [9.17, 15) is 0 Å². The monoisotopic (exact) mass is 316 g/mol. The number of benzene rings is 1. The summed E-state index contributed by atoms with van der Waals surface area (Å²) in [5, 5.41) is 0.329. The van der Waals surface area contributed by atoms with Crippen LogP contribution >= 0.6 is 11.6 Å². The van der Waals surface area contributed by atoms with Crippen LogP contribution in [0, 0.1) is 6.92 Å². The molecule has 0 spiro atoms. The first-order valence-corrected chi connectivity index (χ1v) is 8.06. The molecule has 3 rings (SSSR count). The van der Waals surface area contributed by atoms with Crippen LogP contribution in [0.5, 0.6) is 0 Å². The fraction of sp³-hybridized carbons (Fsp3) is 0.412. The first kappa shape index (κ1) is 15.3. The number of piperazine rings is 1. The van der Waals surface area contributed by atoms with Crippen molar-refractivity contribution in [1.82, 2.24) is 14.9 Å². The lowest BCUT2D eigenvalue weighted by Gasteiger charge is -2.38. The minimum Gasteiger partial charge on any atom is -0.354 e. The molecule has 2 heterocycles. The molecule has 1 aromatic carbocycles. The van der Waals surface area contributed by atoms with Crippen molar-refractivity contribution in [2.45, 2.75) is 19.9 Å². The fourth-order valence-electron chi connectivity index (χ4n) is 2.96. The molecule has 22 heavy (non-hydrogen) atoms. The Hall–Kier alpha value is -1.65. The molecule has 5 heteroatoms. The van der Waals surface area contributed by atoms with Gasteiger partial charge < -0.3 is 4.90 Å². The van der Waals surface area contributed by atoms with Crippen molar-refractivity contribution in [2.24, 2.45) is 0 Å². The van der Waals surface area contributed by atoms with Crippen molar-refractivity contribution in [3.8, 4) is 0 Å². The van der Waals surface area contributed by atoms with Gasteiger partial charge in [-0.15, -0.1) is 0 Å². The summed E-state index contributed by atoms with van der Waals surface area (Å²) in [6, 6.07) is 13.1. The Morgan fingerprint density at radius 2 is 1.73 bits per heavy atom. The average Bonchev–Trinajstić information content (AvgIpc) is 2.54. The lowest BCUT2D eigenvalue weighted by atomic mass is 10.1. The molecule has 0 N–H and O–H groups in total. The molecular weight excluding hydrogens is 296 g/mol. The van der Waals surface area contributed by atoms with E-state index < -0.39 is 0 Å². The van der Waals surface area contributed by atoms with Crippen LogP contribution in [0.3, 0.4) is 0 Å². The Morgan fingerprint density at radius 3 is 2.36 bits per heavy atom. The van der Waals surface area contributed by atoms with E-state index in [0.29, 0.717) is 11.3 Å². The van der Waals surface area contributed by atoms with Crippen molar-refractivity contribution >= 4 is 17.4 Å². The highest BCUT2D eigenvalue weighted by Gasteiger charge is 2.23. The molecule has 116 valence electrons. The topological polar surface area (TPSA) is 32.3 Å². The number of hydrogen-bond acceptors (Lipinski definition) is 4. The number of hydrogen-bond donors (Lipinski definition) is 0. The molecular formula is C17H21ClN4. The van der Waals surface area contributed by atoms with Gasteiger partial charge in [-0.05, 0) is 31.0 Å². The third-order valence-electron chi connectivity index (χ3n) is 4.28. The standard InChI is InChI=1S/C17H21ClN4/c1-13-12-16(20-17(18)19-13)22-10-8-21(9-11-22)14(2)15-6-4-3-5-7-15/h3-7,12,14H,8-11H2,1-2H3. The number of nitrogens with zero attached hydrogens (tertiary/aromatic N) is 4. The summed E-state index contributed by atoms with van der Waals surface area (Å²) in [6.45, 7) is 8.20.